The van der Waals surface area contributed by atoms with Gasteiger partial charge < -0.3 is 14.7 Å². The van der Waals surface area contributed by atoms with Crippen LogP contribution in [0, 0.1) is 0 Å². The lowest BCUT2D eigenvalue weighted by atomic mass is 10.2. The summed E-state index contributed by atoms with van der Waals surface area (Å²) in [6.45, 7) is 3.21. The molecule has 1 aliphatic heterocycles. The second kappa shape index (κ2) is 3.74. The number of hydrogen-bond donors (Lipinski definition) is 2. The van der Waals surface area contributed by atoms with E-state index in [4.69, 9.17) is 0 Å². The molecule has 0 aromatic carbocycles. The van der Waals surface area contributed by atoms with Crippen molar-refractivity contribution in [1.82, 2.24) is 0 Å². The maximum absolute atomic E-state index is 11.2. The van der Waals surface area contributed by atoms with Gasteiger partial charge in [0.15, 0.2) is 5.78 Å². The van der Waals surface area contributed by atoms with Crippen molar-refractivity contribution in [2.45, 2.75) is 25.6 Å². The molecule has 4 nitrogen and oxygen atoms in total. The van der Waals surface area contributed by atoms with Crippen LogP contribution in [0.15, 0.2) is 0 Å². The van der Waals surface area contributed by atoms with Crippen molar-refractivity contribution in [3.8, 4) is 0 Å². The molecular weight excluding hydrogens is 170 g/mol. The van der Waals surface area contributed by atoms with E-state index >= 15 is 0 Å². The normalized spacial score (nSPS) is 32.0. The Labute approximate surface area is 78.4 Å². The van der Waals surface area contributed by atoms with Gasteiger partial charge in [-0.3, -0.25) is 4.79 Å². The van der Waals surface area contributed by atoms with Gasteiger partial charge in [0, 0.05) is 6.42 Å². The van der Waals surface area contributed by atoms with Crippen LogP contribution in [0.1, 0.15) is 13.3 Å². The SMILES string of the molecule is CCC(=O)C[N+]1(C)C[C@@H](O)[C@H](O)C1. The van der Waals surface area contributed by atoms with Gasteiger partial charge in [0.1, 0.15) is 31.8 Å². The van der Waals surface area contributed by atoms with Crippen molar-refractivity contribution < 1.29 is 19.5 Å². The predicted molar refractivity (Wildman–Crippen MR) is 48.1 cm³/mol. The molecule has 0 bridgehead atoms. The number of likely N-dealkylation sites (N-methyl/N-ethyl adjacent to an activating group) is 1. The Bertz CT molecular complexity index is 195. The molecule has 0 unspecified atom stereocenters. The zero-order valence-electron chi connectivity index (χ0n) is 8.23. The first-order chi connectivity index (χ1) is 5.97. The highest BCUT2D eigenvalue weighted by atomic mass is 16.3. The summed E-state index contributed by atoms with van der Waals surface area (Å²) in [5.41, 5.74) is 0. The molecule has 0 spiro atoms. The van der Waals surface area contributed by atoms with Crippen LogP contribution in [0.25, 0.3) is 0 Å². The molecule has 1 rings (SSSR count). The Morgan fingerprint density at radius 2 is 1.85 bits per heavy atom. The number of aliphatic hydroxyl groups is 2. The third kappa shape index (κ3) is 2.49. The molecule has 76 valence electrons. The Morgan fingerprint density at radius 1 is 1.38 bits per heavy atom. The fourth-order valence-corrected chi connectivity index (χ4v) is 1.89. The highest BCUT2D eigenvalue weighted by Crippen LogP contribution is 2.17. The summed E-state index contributed by atoms with van der Waals surface area (Å²) < 4.78 is 0.467. The zero-order valence-corrected chi connectivity index (χ0v) is 8.23. The van der Waals surface area contributed by atoms with Gasteiger partial charge in [0.2, 0.25) is 0 Å². The molecule has 1 aliphatic rings. The number of ketones is 1. The predicted octanol–water partition coefficient (Wildman–Crippen LogP) is -0.853. The number of nitrogens with zero attached hydrogens (tertiary/aromatic N) is 1. The van der Waals surface area contributed by atoms with Crippen LogP contribution < -0.4 is 0 Å². The Balaban J connectivity index is 2.54. The minimum Gasteiger partial charge on any atom is -0.384 e. The van der Waals surface area contributed by atoms with Crippen LogP contribution in [-0.4, -0.2) is 59.4 Å². The first kappa shape index (κ1) is 10.6. The average molecular weight is 188 g/mol. The molecule has 4 heteroatoms. The lowest BCUT2D eigenvalue weighted by Gasteiger charge is -2.27. The number of carbonyl (C=O) groups excluding carboxylic acids is 1. The van der Waals surface area contributed by atoms with Gasteiger partial charge in [0.05, 0.1) is 7.05 Å². The van der Waals surface area contributed by atoms with Crippen LogP contribution in [0.3, 0.4) is 0 Å². The van der Waals surface area contributed by atoms with E-state index in [1.54, 1.807) is 0 Å². The van der Waals surface area contributed by atoms with Gasteiger partial charge in [-0.15, -0.1) is 0 Å². The summed E-state index contributed by atoms with van der Waals surface area (Å²) in [6, 6.07) is 0. The molecule has 2 atom stereocenters. The lowest BCUT2D eigenvalue weighted by Crippen LogP contribution is -2.46. The number of likely N-dealkylation sites (tertiary alicyclic amines) is 1. The molecule has 1 fully saturated rings. The largest absolute Gasteiger partial charge is 0.384 e. The van der Waals surface area contributed by atoms with Crippen molar-refractivity contribution in [2.24, 2.45) is 0 Å². The molecule has 0 aliphatic carbocycles. The molecule has 0 aromatic rings. The summed E-state index contributed by atoms with van der Waals surface area (Å²) in [6.07, 6.45) is -0.815. The first-order valence-corrected chi connectivity index (χ1v) is 4.68. The van der Waals surface area contributed by atoms with Crippen molar-refractivity contribution in [3.05, 3.63) is 0 Å². The van der Waals surface area contributed by atoms with Crippen molar-refractivity contribution in [1.29, 1.82) is 0 Å². The van der Waals surface area contributed by atoms with E-state index in [0.717, 1.165) is 0 Å². The van der Waals surface area contributed by atoms with E-state index in [1.165, 1.54) is 0 Å². The number of aliphatic hydroxyl groups excluding tert-OH is 2. The number of Topliss-reactive ketones (excluding diaryl/α,β-unsaturated/α-hetero) is 1. The highest BCUT2D eigenvalue weighted by molar-refractivity contribution is 5.79. The number of rotatable bonds is 3. The molecule has 13 heavy (non-hydrogen) atoms. The maximum atomic E-state index is 11.2. The van der Waals surface area contributed by atoms with E-state index in [-0.39, 0.29) is 5.78 Å². The van der Waals surface area contributed by atoms with E-state index in [9.17, 15) is 15.0 Å². The number of carbonyl (C=O) groups is 1. The molecule has 0 amide bonds. The van der Waals surface area contributed by atoms with Crippen LogP contribution in [0.4, 0.5) is 0 Å². The number of hydrogen-bond acceptors (Lipinski definition) is 3. The van der Waals surface area contributed by atoms with Gasteiger partial charge in [0.25, 0.3) is 0 Å². The molecule has 2 N–H and O–H groups in total. The van der Waals surface area contributed by atoms with Gasteiger partial charge in [-0.25, -0.2) is 0 Å². The standard InChI is InChI=1S/C9H18NO3/c1-3-7(11)4-10(2)5-8(12)9(13)6-10/h8-9,12-13H,3-6H2,1-2H3/q+1/t8-,9-/m1/s1. The number of quaternary nitrogens is 1. The molecule has 0 aromatic heterocycles. The second-order valence-corrected chi connectivity index (χ2v) is 4.17. The quantitative estimate of drug-likeness (QED) is 0.567. The van der Waals surface area contributed by atoms with Crippen molar-refractivity contribution in [3.63, 3.8) is 0 Å². The van der Waals surface area contributed by atoms with Gasteiger partial charge in [-0.2, -0.15) is 0 Å². The summed E-state index contributed by atoms with van der Waals surface area (Å²) in [5.74, 6) is 0.184. The molecule has 1 heterocycles. The topological polar surface area (TPSA) is 57.5 Å². The third-order valence-corrected chi connectivity index (χ3v) is 2.65. The van der Waals surface area contributed by atoms with E-state index in [0.29, 0.717) is 30.5 Å². The second-order valence-electron chi connectivity index (χ2n) is 4.17. The van der Waals surface area contributed by atoms with Gasteiger partial charge in [-0.1, -0.05) is 6.92 Å². The Morgan fingerprint density at radius 3 is 2.23 bits per heavy atom. The average Bonchev–Trinajstić information content (AvgIpc) is 2.25. The molecule has 0 radical (unpaired) electrons. The van der Waals surface area contributed by atoms with Crippen LogP contribution in [0.5, 0.6) is 0 Å². The molecule has 0 saturated carbocycles. The Kier molecular flexibility index (Phi) is 3.05. The van der Waals surface area contributed by atoms with E-state index in [1.807, 2.05) is 14.0 Å². The first-order valence-electron chi connectivity index (χ1n) is 4.68. The van der Waals surface area contributed by atoms with Crippen LogP contribution in [0.2, 0.25) is 0 Å². The molecule has 1 saturated heterocycles. The smallest absolute Gasteiger partial charge is 0.186 e. The highest BCUT2D eigenvalue weighted by Gasteiger charge is 2.41. The minimum atomic E-state index is -0.672. The van der Waals surface area contributed by atoms with Gasteiger partial charge >= 0.3 is 0 Å². The van der Waals surface area contributed by atoms with Crippen LogP contribution in [-0.2, 0) is 4.79 Å². The summed E-state index contributed by atoms with van der Waals surface area (Å²) >= 11 is 0. The molecular formula is C9H18NO3+. The van der Waals surface area contributed by atoms with Crippen LogP contribution >= 0.6 is 0 Å². The van der Waals surface area contributed by atoms with Crippen molar-refractivity contribution >= 4 is 5.78 Å². The Hall–Kier alpha value is -0.450. The van der Waals surface area contributed by atoms with Crippen molar-refractivity contribution in [2.75, 3.05) is 26.7 Å². The fraction of sp³-hybridized carbons (Fsp3) is 0.889. The maximum Gasteiger partial charge on any atom is 0.186 e. The minimum absolute atomic E-state index is 0.184. The zero-order chi connectivity index (χ0) is 10.1. The summed E-state index contributed by atoms with van der Waals surface area (Å²) in [4.78, 5) is 11.2. The van der Waals surface area contributed by atoms with E-state index < -0.39 is 12.2 Å². The fourth-order valence-electron chi connectivity index (χ4n) is 1.89. The summed E-state index contributed by atoms with van der Waals surface area (Å²) in [5, 5.41) is 18.7. The monoisotopic (exact) mass is 188 g/mol. The third-order valence-electron chi connectivity index (χ3n) is 2.65. The lowest BCUT2D eigenvalue weighted by molar-refractivity contribution is -0.892. The van der Waals surface area contributed by atoms with E-state index in [2.05, 4.69) is 0 Å². The summed E-state index contributed by atoms with van der Waals surface area (Å²) in [7, 11) is 1.90. The van der Waals surface area contributed by atoms with Gasteiger partial charge in [-0.05, 0) is 0 Å².